The number of rotatable bonds is 5. The van der Waals surface area contributed by atoms with Gasteiger partial charge in [-0.1, -0.05) is 42.5 Å². The van der Waals surface area contributed by atoms with E-state index >= 15 is 0 Å². The third-order valence-corrected chi connectivity index (χ3v) is 4.30. The van der Waals surface area contributed by atoms with E-state index in [-0.39, 0.29) is 0 Å². The van der Waals surface area contributed by atoms with Gasteiger partial charge >= 0.3 is 0 Å². The van der Waals surface area contributed by atoms with Crippen molar-refractivity contribution in [3.05, 3.63) is 78.1 Å². The summed E-state index contributed by atoms with van der Waals surface area (Å²) in [6.45, 7) is 4.30. The van der Waals surface area contributed by atoms with Crippen LogP contribution in [-0.2, 0) is 7.05 Å². The summed E-state index contributed by atoms with van der Waals surface area (Å²) in [5, 5.41) is 4.29. The van der Waals surface area contributed by atoms with Crippen LogP contribution in [0.2, 0.25) is 13.1 Å². The van der Waals surface area contributed by atoms with Crippen molar-refractivity contribution in [2.45, 2.75) is 13.1 Å². The van der Waals surface area contributed by atoms with Gasteiger partial charge in [-0.15, -0.1) is 0 Å². The van der Waals surface area contributed by atoms with E-state index in [0.717, 1.165) is 28.4 Å². The summed E-state index contributed by atoms with van der Waals surface area (Å²) in [7, 11) is 0.725. The Morgan fingerprint density at radius 3 is 2.38 bits per heavy atom. The van der Waals surface area contributed by atoms with E-state index < -0.39 is 9.04 Å². The average Bonchev–Trinajstić information content (AvgIpc) is 3.00. The molecule has 0 atom stereocenters. The first-order valence-corrected chi connectivity index (χ1v) is 10.8. The Kier molecular flexibility index (Phi) is 4.91. The second-order valence-corrected chi connectivity index (χ2v) is 8.13. The quantitative estimate of drug-likeness (QED) is 0.523. The monoisotopic (exact) mass is 335 g/mol. The Morgan fingerprint density at radius 2 is 1.71 bits per heavy atom. The molecule has 0 N–H and O–H groups in total. The minimum Gasteiger partial charge on any atom is -0.546 e. The first-order valence-electron chi connectivity index (χ1n) is 8.03. The third-order valence-electron chi connectivity index (χ3n) is 3.57. The van der Waals surface area contributed by atoms with E-state index in [1.165, 1.54) is 0 Å². The minimum absolute atomic E-state index is 0.842. The van der Waals surface area contributed by atoms with Gasteiger partial charge in [0.15, 0.2) is 0 Å². The molecule has 0 spiro atoms. The molecule has 0 fully saturated rings. The van der Waals surface area contributed by atoms with Crippen molar-refractivity contribution >= 4 is 20.4 Å². The third kappa shape index (κ3) is 3.63. The fourth-order valence-electron chi connectivity index (χ4n) is 2.50. The molecule has 0 radical (unpaired) electrons. The lowest BCUT2D eigenvalue weighted by Crippen LogP contribution is -2.12. The Bertz CT molecular complexity index is 841. The fraction of sp³-hybridized carbons (Fsp3) is 0.158. The van der Waals surface area contributed by atoms with E-state index in [9.17, 15) is 0 Å². The molecule has 1 heterocycles. The molecule has 1 aromatic heterocycles. The zero-order valence-corrected chi connectivity index (χ0v) is 15.3. The van der Waals surface area contributed by atoms with Crippen molar-refractivity contribution in [2.75, 3.05) is 0 Å². The van der Waals surface area contributed by atoms with Crippen LogP contribution in [0, 0.1) is 0 Å². The molecule has 0 amide bonds. The largest absolute Gasteiger partial charge is 0.546 e. The van der Waals surface area contributed by atoms with Gasteiger partial charge in [-0.2, -0.15) is 5.10 Å². The maximum atomic E-state index is 6.04. The standard InChI is InChI=1S/C19H21N3OSi/c1-22-17(13-14-20-22)19(15-9-5-4-6-10-15)21-16-11-7-8-12-18(16)23-24(2)3/h4-14,24H,1-3H3. The van der Waals surface area contributed by atoms with Crippen LogP contribution in [0.15, 0.2) is 71.9 Å². The van der Waals surface area contributed by atoms with E-state index in [0.29, 0.717) is 0 Å². The molecular weight excluding hydrogens is 314 g/mol. The molecule has 2 aromatic carbocycles. The van der Waals surface area contributed by atoms with E-state index in [1.54, 1.807) is 6.20 Å². The molecule has 122 valence electrons. The molecule has 0 saturated heterocycles. The Hall–Kier alpha value is -2.66. The topological polar surface area (TPSA) is 39.4 Å². The Labute approximate surface area is 144 Å². The fourth-order valence-corrected chi connectivity index (χ4v) is 3.20. The summed E-state index contributed by atoms with van der Waals surface area (Å²) in [5.74, 6) is 0.842. The average molecular weight is 335 g/mol. The molecule has 0 unspecified atom stereocenters. The van der Waals surface area contributed by atoms with Gasteiger partial charge in [-0.3, -0.25) is 4.68 Å². The van der Waals surface area contributed by atoms with Gasteiger partial charge < -0.3 is 4.43 Å². The molecular formula is C19H21N3OSi. The van der Waals surface area contributed by atoms with Crippen LogP contribution in [0.5, 0.6) is 5.75 Å². The van der Waals surface area contributed by atoms with Crippen LogP contribution in [0.1, 0.15) is 11.3 Å². The molecule has 0 bridgehead atoms. The lowest BCUT2D eigenvalue weighted by molar-refractivity contribution is 0.582. The molecule has 0 aliphatic heterocycles. The van der Waals surface area contributed by atoms with Crippen LogP contribution in [0.3, 0.4) is 0 Å². The van der Waals surface area contributed by atoms with Crippen LogP contribution in [0.25, 0.3) is 0 Å². The molecule has 5 heteroatoms. The maximum Gasteiger partial charge on any atom is 0.229 e. The van der Waals surface area contributed by atoms with Gasteiger partial charge in [0.2, 0.25) is 9.04 Å². The van der Waals surface area contributed by atoms with Crippen molar-refractivity contribution in [1.29, 1.82) is 0 Å². The Balaban J connectivity index is 2.14. The highest BCUT2D eigenvalue weighted by atomic mass is 28.3. The predicted octanol–water partition coefficient (Wildman–Crippen LogP) is 3.95. The van der Waals surface area contributed by atoms with Crippen molar-refractivity contribution in [3.8, 4) is 5.75 Å². The first-order chi connectivity index (χ1) is 11.6. The highest BCUT2D eigenvalue weighted by molar-refractivity contribution is 6.49. The summed E-state index contributed by atoms with van der Waals surface area (Å²) in [6.07, 6.45) is 1.79. The van der Waals surface area contributed by atoms with E-state index in [1.807, 2.05) is 60.3 Å². The molecule has 0 saturated carbocycles. The Morgan fingerprint density at radius 1 is 1.00 bits per heavy atom. The highest BCUT2D eigenvalue weighted by Crippen LogP contribution is 2.29. The van der Waals surface area contributed by atoms with Crippen LogP contribution in [-0.4, -0.2) is 24.5 Å². The van der Waals surface area contributed by atoms with Gasteiger partial charge in [0.1, 0.15) is 11.4 Å². The van der Waals surface area contributed by atoms with Crippen molar-refractivity contribution in [2.24, 2.45) is 12.0 Å². The van der Waals surface area contributed by atoms with Gasteiger partial charge in [0.25, 0.3) is 0 Å². The van der Waals surface area contributed by atoms with Crippen LogP contribution in [0.4, 0.5) is 5.69 Å². The van der Waals surface area contributed by atoms with Crippen molar-refractivity contribution in [3.63, 3.8) is 0 Å². The molecule has 4 nitrogen and oxygen atoms in total. The predicted molar refractivity (Wildman–Crippen MR) is 101 cm³/mol. The van der Waals surface area contributed by atoms with Crippen molar-refractivity contribution in [1.82, 2.24) is 9.78 Å². The van der Waals surface area contributed by atoms with E-state index in [4.69, 9.17) is 9.42 Å². The van der Waals surface area contributed by atoms with Crippen molar-refractivity contribution < 1.29 is 4.43 Å². The number of hydrogen-bond acceptors (Lipinski definition) is 3. The normalized spacial score (nSPS) is 11.8. The maximum absolute atomic E-state index is 6.04. The number of nitrogens with zero attached hydrogens (tertiary/aromatic N) is 3. The zero-order chi connectivity index (χ0) is 16.9. The molecule has 0 aliphatic carbocycles. The number of hydrogen-bond donors (Lipinski definition) is 0. The van der Waals surface area contributed by atoms with Gasteiger partial charge in [-0.05, 0) is 31.3 Å². The molecule has 0 aliphatic rings. The molecule has 3 aromatic rings. The number of aliphatic imine (C=N–C) groups is 1. The SMILES string of the molecule is Cn1nccc1C(=Nc1ccccc1O[SiH](C)C)c1ccccc1. The van der Waals surface area contributed by atoms with E-state index in [2.05, 4.69) is 30.3 Å². The highest BCUT2D eigenvalue weighted by Gasteiger charge is 2.13. The van der Waals surface area contributed by atoms with Gasteiger partial charge in [0.05, 0.1) is 11.4 Å². The lowest BCUT2D eigenvalue weighted by Gasteiger charge is -2.13. The van der Waals surface area contributed by atoms with Crippen LogP contribution < -0.4 is 4.43 Å². The second-order valence-electron chi connectivity index (χ2n) is 5.80. The number of aromatic nitrogens is 2. The second kappa shape index (κ2) is 7.27. The summed E-state index contributed by atoms with van der Waals surface area (Å²) in [4.78, 5) is 4.94. The summed E-state index contributed by atoms with van der Waals surface area (Å²) in [5.41, 5.74) is 3.76. The summed E-state index contributed by atoms with van der Waals surface area (Å²) < 4.78 is 7.88. The number of benzene rings is 2. The minimum atomic E-state index is -1.20. The summed E-state index contributed by atoms with van der Waals surface area (Å²) >= 11 is 0. The molecule has 3 rings (SSSR count). The zero-order valence-electron chi connectivity index (χ0n) is 14.2. The smallest absolute Gasteiger partial charge is 0.229 e. The van der Waals surface area contributed by atoms with Gasteiger partial charge in [0, 0.05) is 18.8 Å². The lowest BCUT2D eigenvalue weighted by atomic mass is 10.1. The van der Waals surface area contributed by atoms with Gasteiger partial charge in [-0.25, -0.2) is 4.99 Å². The first kappa shape index (κ1) is 16.2. The number of para-hydroxylation sites is 2. The summed E-state index contributed by atoms with van der Waals surface area (Å²) in [6, 6.07) is 20.1. The van der Waals surface area contributed by atoms with Crippen LogP contribution >= 0.6 is 0 Å². The molecule has 24 heavy (non-hydrogen) atoms. The number of aryl methyl sites for hydroxylation is 1.